The largest absolute Gasteiger partial charge is 0.459 e. The molecule has 0 spiro atoms. The van der Waals surface area contributed by atoms with E-state index in [4.69, 9.17) is 9.94 Å². The minimum absolute atomic E-state index is 0.0746. The van der Waals surface area contributed by atoms with Gasteiger partial charge in [-0.05, 0) is 36.8 Å². The molecule has 1 aromatic heterocycles. The van der Waals surface area contributed by atoms with Crippen LogP contribution in [0.3, 0.4) is 0 Å². The van der Waals surface area contributed by atoms with Crippen molar-refractivity contribution in [3.05, 3.63) is 47.3 Å². The van der Waals surface area contributed by atoms with E-state index in [1.54, 1.807) is 0 Å². The van der Waals surface area contributed by atoms with Crippen molar-refractivity contribution in [3.63, 3.8) is 0 Å². The van der Waals surface area contributed by atoms with E-state index in [-0.39, 0.29) is 18.4 Å². The summed E-state index contributed by atoms with van der Waals surface area (Å²) in [5, 5.41) is 12.5. The summed E-state index contributed by atoms with van der Waals surface area (Å²) in [5.41, 5.74) is 1.99. The lowest BCUT2D eigenvalue weighted by atomic mass is 9.89. The molecule has 6 nitrogen and oxygen atoms in total. The minimum Gasteiger partial charge on any atom is -0.459 e. The lowest BCUT2D eigenvalue weighted by Gasteiger charge is -2.35. The normalized spacial score (nSPS) is 20.0. The Morgan fingerprint density at radius 3 is 2.52 bits per heavy atom. The summed E-state index contributed by atoms with van der Waals surface area (Å²) in [7, 11) is 0. The molecule has 0 amide bonds. The Hall–Kier alpha value is -2.55. The van der Waals surface area contributed by atoms with E-state index in [0.29, 0.717) is 11.3 Å². The Balaban J connectivity index is 1.60. The van der Waals surface area contributed by atoms with Gasteiger partial charge in [0.05, 0.1) is 23.5 Å². The number of ether oxygens (including phenoxy) is 1. The van der Waals surface area contributed by atoms with Crippen LogP contribution in [0.1, 0.15) is 40.5 Å². The number of benzene rings is 1. The minimum atomic E-state index is -4.47. The zero-order valence-electron chi connectivity index (χ0n) is 13.2. The molecular weight excluding hydrogens is 339 g/mol. The van der Waals surface area contributed by atoms with Crippen molar-refractivity contribution in [1.82, 2.24) is 9.78 Å². The first-order valence-electron chi connectivity index (χ1n) is 7.62. The number of hydrogen-bond donors (Lipinski definition) is 2. The molecule has 0 bridgehead atoms. The third-order valence-electron chi connectivity index (χ3n) is 4.19. The average Bonchev–Trinajstić information content (AvgIpc) is 2.91. The predicted molar refractivity (Wildman–Crippen MR) is 81.3 cm³/mol. The van der Waals surface area contributed by atoms with E-state index >= 15 is 0 Å². The molecule has 9 heteroatoms. The molecule has 1 aromatic carbocycles. The number of aromatic nitrogens is 2. The standard InChI is InChI=1S/C16H16F3N3O3/c1-9-8-20-22(14(9)16(17,18)19)12-6-13(7-12)25-15(23)10-2-4-11(21-24)5-3-10/h2-5,8,12-13,21,24H,6-7H2,1H3. The van der Waals surface area contributed by atoms with Gasteiger partial charge in [-0.2, -0.15) is 18.3 Å². The number of carbonyl (C=O) groups excluding carboxylic acids is 1. The summed E-state index contributed by atoms with van der Waals surface area (Å²) in [5.74, 6) is -0.555. The first kappa shape index (κ1) is 17.3. The van der Waals surface area contributed by atoms with Crippen LogP contribution >= 0.6 is 0 Å². The summed E-state index contributed by atoms with van der Waals surface area (Å²) in [4.78, 5) is 12.0. The maximum atomic E-state index is 13.1. The summed E-state index contributed by atoms with van der Waals surface area (Å²) in [6.07, 6.45) is -3.15. The van der Waals surface area contributed by atoms with E-state index in [0.717, 1.165) is 4.68 Å². The van der Waals surface area contributed by atoms with Gasteiger partial charge in [0.2, 0.25) is 0 Å². The highest BCUT2D eigenvalue weighted by Crippen LogP contribution is 2.40. The molecule has 0 unspecified atom stereocenters. The highest BCUT2D eigenvalue weighted by Gasteiger charge is 2.42. The van der Waals surface area contributed by atoms with Crippen LogP contribution in [0.2, 0.25) is 0 Å². The summed E-state index contributed by atoms with van der Waals surface area (Å²) >= 11 is 0. The molecule has 3 rings (SSSR count). The molecule has 134 valence electrons. The van der Waals surface area contributed by atoms with Crippen molar-refractivity contribution in [1.29, 1.82) is 0 Å². The van der Waals surface area contributed by atoms with Gasteiger partial charge < -0.3 is 4.74 Å². The van der Waals surface area contributed by atoms with Gasteiger partial charge in [0.15, 0.2) is 0 Å². The zero-order chi connectivity index (χ0) is 18.2. The van der Waals surface area contributed by atoms with Crippen LogP contribution < -0.4 is 5.48 Å². The quantitative estimate of drug-likeness (QED) is 0.648. The first-order chi connectivity index (χ1) is 11.8. The molecule has 2 N–H and O–H groups in total. The van der Waals surface area contributed by atoms with Crippen molar-refractivity contribution < 1.29 is 27.9 Å². The number of alkyl halides is 3. The lowest BCUT2D eigenvalue weighted by molar-refractivity contribution is -0.147. The number of carbonyl (C=O) groups is 1. The van der Waals surface area contributed by atoms with Crippen LogP contribution in [-0.2, 0) is 10.9 Å². The van der Waals surface area contributed by atoms with Gasteiger partial charge in [0, 0.05) is 12.8 Å². The Kier molecular flexibility index (Phi) is 4.42. The van der Waals surface area contributed by atoms with Gasteiger partial charge in [-0.15, -0.1) is 0 Å². The fraction of sp³-hybridized carbons (Fsp3) is 0.375. The van der Waals surface area contributed by atoms with Crippen LogP contribution in [0.25, 0.3) is 0 Å². The van der Waals surface area contributed by atoms with E-state index in [2.05, 4.69) is 5.10 Å². The molecule has 2 aromatic rings. The van der Waals surface area contributed by atoms with Gasteiger partial charge >= 0.3 is 12.1 Å². The maximum absolute atomic E-state index is 13.1. The van der Waals surface area contributed by atoms with Gasteiger partial charge in [-0.25, -0.2) is 4.79 Å². The molecule has 25 heavy (non-hydrogen) atoms. The highest BCUT2D eigenvalue weighted by atomic mass is 19.4. The van der Waals surface area contributed by atoms with Crippen molar-refractivity contribution in [3.8, 4) is 0 Å². The SMILES string of the molecule is Cc1cnn(C2CC(OC(=O)c3ccc(NO)cc3)C2)c1C(F)(F)F. The monoisotopic (exact) mass is 355 g/mol. The number of rotatable bonds is 4. The molecule has 1 aliphatic rings. The van der Waals surface area contributed by atoms with Gasteiger partial charge in [0.1, 0.15) is 11.8 Å². The van der Waals surface area contributed by atoms with Crippen LogP contribution in [0.15, 0.2) is 30.5 Å². The molecular formula is C16H16F3N3O3. The van der Waals surface area contributed by atoms with Crippen LogP contribution in [0, 0.1) is 6.92 Å². The average molecular weight is 355 g/mol. The lowest BCUT2D eigenvalue weighted by Crippen LogP contribution is -2.37. The van der Waals surface area contributed by atoms with E-state index < -0.39 is 30.0 Å². The topological polar surface area (TPSA) is 76.4 Å². The zero-order valence-corrected chi connectivity index (χ0v) is 13.2. The van der Waals surface area contributed by atoms with Gasteiger partial charge in [-0.3, -0.25) is 15.4 Å². The summed E-state index contributed by atoms with van der Waals surface area (Å²) in [6, 6.07) is 5.53. The fourth-order valence-electron chi connectivity index (χ4n) is 2.81. The Labute approximate surface area is 141 Å². The molecule has 1 fully saturated rings. The number of halogens is 3. The third-order valence-corrected chi connectivity index (χ3v) is 4.19. The molecule has 0 atom stereocenters. The molecule has 1 saturated carbocycles. The second kappa shape index (κ2) is 6.40. The van der Waals surface area contributed by atoms with Gasteiger partial charge in [0.25, 0.3) is 0 Å². The van der Waals surface area contributed by atoms with E-state index in [9.17, 15) is 18.0 Å². The molecule has 0 radical (unpaired) electrons. The number of hydrogen-bond acceptors (Lipinski definition) is 5. The Morgan fingerprint density at radius 1 is 1.32 bits per heavy atom. The van der Waals surface area contributed by atoms with Gasteiger partial charge in [-0.1, -0.05) is 0 Å². The number of esters is 1. The third kappa shape index (κ3) is 3.46. The predicted octanol–water partition coefficient (Wildman–Crippen LogP) is 3.57. The van der Waals surface area contributed by atoms with E-state index in [1.165, 1.54) is 37.4 Å². The van der Waals surface area contributed by atoms with Crippen molar-refractivity contribution in [2.24, 2.45) is 0 Å². The second-order valence-corrected chi connectivity index (χ2v) is 5.96. The molecule has 0 saturated heterocycles. The second-order valence-electron chi connectivity index (χ2n) is 5.96. The summed E-state index contributed by atoms with van der Waals surface area (Å²) < 4.78 is 45.5. The Bertz CT molecular complexity index is 765. The fourth-order valence-corrected chi connectivity index (χ4v) is 2.81. The van der Waals surface area contributed by atoms with E-state index in [1.807, 2.05) is 5.48 Å². The number of nitrogens with zero attached hydrogens (tertiary/aromatic N) is 2. The van der Waals surface area contributed by atoms with Crippen LogP contribution in [0.5, 0.6) is 0 Å². The molecule has 0 aliphatic heterocycles. The first-order valence-corrected chi connectivity index (χ1v) is 7.62. The van der Waals surface area contributed by atoms with Crippen molar-refractivity contribution in [2.45, 2.75) is 38.1 Å². The van der Waals surface area contributed by atoms with Crippen LogP contribution in [0.4, 0.5) is 18.9 Å². The number of nitrogens with one attached hydrogen (secondary N) is 1. The number of anilines is 1. The molecule has 1 aliphatic carbocycles. The number of aryl methyl sites for hydroxylation is 1. The van der Waals surface area contributed by atoms with Crippen molar-refractivity contribution >= 4 is 11.7 Å². The maximum Gasteiger partial charge on any atom is 0.433 e. The molecule has 1 heterocycles. The summed E-state index contributed by atoms with van der Waals surface area (Å²) in [6.45, 7) is 1.37. The Morgan fingerprint density at radius 2 is 1.96 bits per heavy atom. The van der Waals surface area contributed by atoms with Crippen LogP contribution in [-0.4, -0.2) is 27.1 Å². The smallest absolute Gasteiger partial charge is 0.433 e. The van der Waals surface area contributed by atoms with Crippen molar-refractivity contribution in [2.75, 3.05) is 5.48 Å². The highest BCUT2D eigenvalue weighted by molar-refractivity contribution is 5.89.